The molecule has 4 N–H and O–H groups in total. The maximum atomic E-state index is 12.4. The van der Waals surface area contributed by atoms with Crippen LogP contribution in [0.3, 0.4) is 0 Å². The predicted octanol–water partition coefficient (Wildman–Crippen LogP) is 2.24. The van der Waals surface area contributed by atoms with Crippen molar-refractivity contribution in [3.05, 3.63) is 48.0 Å². The van der Waals surface area contributed by atoms with Gasteiger partial charge >= 0.3 is 0 Å². The number of nitrogens with two attached hydrogens (primary N) is 2. The summed E-state index contributed by atoms with van der Waals surface area (Å²) in [5.74, 6) is -0.728. The molecule has 2 rings (SSSR count). The quantitative estimate of drug-likeness (QED) is 0.853. The molecule has 0 radical (unpaired) electrons. The van der Waals surface area contributed by atoms with Crippen LogP contribution in [0, 0.1) is 0 Å². The molecule has 2 aromatic carbocycles. The van der Waals surface area contributed by atoms with Gasteiger partial charge in [0, 0.05) is 6.42 Å². The largest absolute Gasteiger partial charge is 0.370 e. The molecule has 0 bridgehead atoms. The maximum absolute atomic E-state index is 12.4. The fourth-order valence-electron chi connectivity index (χ4n) is 2.55. The summed E-state index contributed by atoms with van der Waals surface area (Å²) in [4.78, 5) is 23.8. The Bertz CT molecular complexity index is 681. The lowest BCUT2D eigenvalue weighted by atomic mass is 9.81. The summed E-state index contributed by atoms with van der Waals surface area (Å²) in [6.45, 7) is 1.91. The number of hydrogen-bond donors (Lipinski definition) is 2. The molecule has 2 aromatic rings. The van der Waals surface area contributed by atoms with Crippen LogP contribution >= 0.6 is 0 Å². The van der Waals surface area contributed by atoms with Gasteiger partial charge in [-0.1, -0.05) is 43.3 Å². The second kappa shape index (κ2) is 6.06. The minimum absolute atomic E-state index is 0.154. The highest BCUT2D eigenvalue weighted by Gasteiger charge is 2.36. The van der Waals surface area contributed by atoms with Crippen LogP contribution < -0.4 is 11.5 Å². The molecule has 0 aliphatic rings. The second-order valence-corrected chi connectivity index (χ2v) is 5.35. The molecule has 21 heavy (non-hydrogen) atoms. The molecular formula is C17H20N2O2. The Morgan fingerprint density at radius 1 is 1.10 bits per heavy atom. The molecule has 0 fully saturated rings. The van der Waals surface area contributed by atoms with Crippen LogP contribution in [0.1, 0.15) is 31.7 Å². The topological polar surface area (TPSA) is 86.2 Å². The van der Waals surface area contributed by atoms with Crippen molar-refractivity contribution in [2.75, 3.05) is 0 Å². The Labute approximate surface area is 124 Å². The third-order valence-electron chi connectivity index (χ3n) is 3.69. The number of rotatable bonds is 6. The summed E-state index contributed by atoms with van der Waals surface area (Å²) in [7, 11) is 0. The highest BCUT2D eigenvalue weighted by Crippen LogP contribution is 2.28. The third kappa shape index (κ3) is 3.11. The van der Waals surface area contributed by atoms with Crippen molar-refractivity contribution in [2.45, 2.75) is 31.7 Å². The molecule has 0 saturated carbocycles. The number of benzene rings is 2. The van der Waals surface area contributed by atoms with E-state index in [9.17, 15) is 9.59 Å². The second-order valence-electron chi connectivity index (χ2n) is 5.35. The zero-order chi connectivity index (χ0) is 15.5. The van der Waals surface area contributed by atoms with Crippen LogP contribution in [0.5, 0.6) is 0 Å². The maximum Gasteiger partial charge on any atom is 0.220 e. The van der Waals surface area contributed by atoms with E-state index < -0.39 is 11.4 Å². The first-order valence-corrected chi connectivity index (χ1v) is 7.07. The Morgan fingerprint density at radius 3 is 2.38 bits per heavy atom. The number of primary amides is 1. The fraction of sp³-hybridized carbons (Fsp3) is 0.294. The average Bonchev–Trinajstić information content (AvgIpc) is 2.46. The normalized spacial score (nSPS) is 13.8. The highest BCUT2D eigenvalue weighted by molar-refractivity contribution is 5.95. The standard InChI is InChI=1S/C17H20N2O2/c1-2-5-15(20)17(19,11-16(18)21)14-9-8-12-6-3-4-7-13(12)10-14/h3-4,6-10H,2,5,11,19H2,1H3,(H2,18,21). The number of amides is 1. The summed E-state index contributed by atoms with van der Waals surface area (Å²) in [5, 5.41) is 2.05. The van der Waals surface area contributed by atoms with Gasteiger partial charge in [0.25, 0.3) is 0 Å². The van der Waals surface area contributed by atoms with Gasteiger partial charge in [0.2, 0.25) is 5.91 Å². The van der Waals surface area contributed by atoms with E-state index in [0.717, 1.165) is 10.8 Å². The van der Waals surface area contributed by atoms with Crippen molar-refractivity contribution in [3.63, 3.8) is 0 Å². The first-order valence-electron chi connectivity index (χ1n) is 7.07. The Kier molecular flexibility index (Phi) is 4.38. The van der Waals surface area contributed by atoms with E-state index in [0.29, 0.717) is 18.4 Å². The molecule has 1 atom stereocenters. The third-order valence-corrected chi connectivity index (χ3v) is 3.69. The van der Waals surface area contributed by atoms with Crippen LogP contribution in [-0.4, -0.2) is 11.7 Å². The molecule has 0 aliphatic heterocycles. The van der Waals surface area contributed by atoms with Gasteiger partial charge in [-0.05, 0) is 28.8 Å². The molecule has 0 aromatic heterocycles. The van der Waals surface area contributed by atoms with Gasteiger partial charge in [-0.2, -0.15) is 0 Å². The minimum atomic E-state index is -1.34. The number of Topliss-reactive ketones (excluding diaryl/α,β-unsaturated/α-hetero) is 1. The monoisotopic (exact) mass is 284 g/mol. The average molecular weight is 284 g/mol. The van der Waals surface area contributed by atoms with Crippen molar-refractivity contribution in [1.29, 1.82) is 0 Å². The van der Waals surface area contributed by atoms with E-state index in [4.69, 9.17) is 11.5 Å². The molecule has 110 valence electrons. The van der Waals surface area contributed by atoms with E-state index in [1.807, 2.05) is 43.3 Å². The van der Waals surface area contributed by atoms with Gasteiger partial charge in [0.1, 0.15) is 5.54 Å². The van der Waals surface area contributed by atoms with Crippen molar-refractivity contribution >= 4 is 22.5 Å². The number of carbonyl (C=O) groups is 2. The lowest BCUT2D eigenvalue weighted by Gasteiger charge is -2.27. The zero-order valence-electron chi connectivity index (χ0n) is 12.1. The summed E-state index contributed by atoms with van der Waals surface area (Å²) in [5.41, 5.74) is 10.9. The lowest BCUT2D eigenvalue weighted by Crippen LogP contribution is -2.47. The molecule has 0 spiro atoms. The van der Waals surface area contributed by atoms with Crippen LogP contribution in [0.25, 0.3) is 10.8 Å². The van der Waals surface area contributed by atoms with E-state index in [1.165, 1.54) is 0 Å². The van der Waals surface area contributed by atoms with E-state index in [1.54, 1.807) is 6.07 Å². The van der Waals surface area contributed by atoms with Gasteiger partial charge in [-0.25, -0.2) is 0 Å². The van der Waals surface area contributed by atoms with Gasteiger partial charge in [0.05, 0.1) is 6.42 Å². The molecule has 0 aliphatic carbocycles. The summed E-state index contributed by atoms with van der Waals surface area (Å²) in [6, 6.07) is 13.4. The van der Waals surface area contributed by atoms with Gasteiger partial charge in [0.15, 0.2) is 5.78 Å². The van der Waals surface area contributed by atoms with Gasteiger partial charge < -0.3 is 11.5 Å². The SMILES string of the molecule is CCCC(=O)C(N)(CC(N)=O)c1ccc2ccccc2c1. The molecule has 1 unspecified atom stereocenters. The number of ketones is 1. The molecule has 4 heteroatoms. The zero-order valence-corrected chi connectivity index (χ0v) is 12.1. The molecule has 1 amide bonds. The first kappa shape index (κ1) is 15.2. The smallest absolute Gasteiger partial charge is 0.220 e. The van der Waals surface area contributed by atoms with Crippen molar-refractivity contribution in [2.24, 2.45) is 11.5 Å². The number of fused-ring (bicyclic) bond motifs is 1. The van der Waals surface area contributed by atoms with E-state index in [-0.39, 0.29) is 12.2 Å². The summed E-state index contributed by atoms with van der Waals surface area (Å²) < 4.78 is 0. The van der Waals surface area contributed by atoms with Gasteiger partial charge in [-0.15, -0.1) is 0 Å². The molecule has 0 heterocycles. The predicted molar refractivity (Wildman–Crippen MR) is 83.5 cm³/mol. The van der Waals surface area contributed by atoms with E-state index in [2.05, 4.69) is 0 Å². The van der Waals surface area contributed by atoms with Crippen LogP contribution in [0.15, 0.2) is 42.5 Å². The number of carbonyl (C=O) groups excluding carboxylic acids is 2. The Balaban J connectivity index is 2.52. The van der Waals surface area contributed by atoms with Gasteiger partial charge in [-0.3, -0.25) is 9.59 Å². The van der Waals surface area contributed by atoms with Crippen molar-refractivity contribution < 1.29 is 9.59 Å². The van der Waals surface area contributed by atoms with Crippen LogP contribution in [0.2, 0.25) is 0 Å². The Hall–Kier alpha value is -2.20. The summed E-state index contributed by atoms with van der Waals surface area (Å²) in [6.07, 6.45) is 0.838. The first-order chi connectivity index (χ1) is 9.97. The minimum Gasteiger partial charge on any atom is -0.370 e. The van der Waals surface area contributed by atoms with Crippen LogP contribution in [0.4, 0.5) is 0 Å². The van der Waals surface area contributed by atoms with Crippen molar-refractivity contribution in [1.82, 2.24) is 0 Å². The van der Waals surface area contributed by atoms with Crippen LogP contribution in [-0.2, 0) is 15.1 Å². The lowest BCUT2D eigenvalue weighted by molar-refractivity contribution is -0.129. The highest BCUT2D eigenvalue weighted by atomic mass is 16.1. The molecule has 0 saturated heterocycles. The summed E-state index contributed by atoms with van der Waals surface area (Å²) >= 11 is 0. The van der Waals surface area contributed by atoms with E-state index >= 15 is 0 Å². The Morgan fingerprint density at radius 2 is 1.76 bits per heavy atom. The number of hydrogen-bond acceptors (Lipinski definition) is 3. The van der Waals surface area contributed by atoms with Crippen molar-refractivity contribution in [3.8, 4) is 0 Å². The molecular weight excluding hydrogens is 264 g/mol. The fourth-order valence-corrected chi connectivity index (χ4v) is 2.55. The molecule has 4 nitrogen and oxygen atoms in total.